The van der Waals surface area contributed by atoms with Gasteiger partial charge < -0.3 is 45.3 Å². The Morgan fingerprint density at radius 2 is 1.92 bits per heavy atom. The van der Waals surface area contributed by atoms with Gasteiger partial charge in [0, 0.05) is 70.2 Å². The molecule has 0 radical (unpaired) electrons. The van der Waals surface area contributed by atoms with Crippen LogP contribution in [0.25, 0.3) is 17.2 Å². The van der Waals surface area contributed by atoms with Crippen LogP contribution in [0.4, 0.5) is 5.82 Å². The molecule has 11 nitrogen and oxygen atoms in total. The molecule has 344 valence electrons. The number of nitrogens with zero attached hydrogens (tertiary/aromatic N) is 1. The minimum Gasteiger partial charge on any atom is -0.508 e. The van der Waals surface area contributed by atoms with E-state index >= 15 is 0 Å². The van der Waals surface area contributed by atoms with Gasteiger partial charge in [0.25, 0.3) is 0 Å². The van der Waals surface area contributed by atoms with Gasteiger partial charge >= 0.3 is 5.97 Å². The second-order valence-electron chi connectivity index (χ2n) is 19.5. The van der Waals surface area contributed by atoms with E-state index in [0.717, 1.165) is 118 Å². The third-order valence-electron chi connectivity index (χ3n) is 15.4. The first-order valence-corrected chi connectivity index (χ1v) is 26.2. The Morgan fingerprint density at radius 1 is 1.05 bits per heavy atom. The molecule has 8 atom stereocenters. The van der Waals surface area contributed by atoms with Gasteiger partial charge in [-0.1, -0.05) is 65.1 Å². The van der Waals surface area contributed by atoms with Crippen molar-refractivity contribution in [3.8, 4) is 51.7 Å². The summed E-state index contributed by atoms with van der Waals surface area (Å²) in [5.74, 6) is 11.1. The van der Waals surface area contributed by atoms with Crippen LogP contribution < -0.4 is 25.3 Å². The van der Waals surface area contributed by atoms with Crippen LogP contribution in [0.2, 0.25) is 0 Å². The van der Waals surface area contributed by atoms with Gasteiger partial charge in [-0.2, -0.15) is 0 Å². The number of phenolic OH excluding ortho intramolecular Hbond substituents is 2. The van der Waals surface area contributed by atoms with Gasteiger partial charge in [0.15, 0.2) is 18.3 Å². The first-order valence-electron chi connectivity index (χ1n) is 23.7. The van der Waals surface area contributed by atoms with Crippen molar-refractivity contribution >= 4 is 39.5 Å². The Labute approximate surface area is 394 Å². The maximum atomic E-state index is 12.7. The van der Waals surface area contributed by atoms with Crippen LogP contribution in [0.15, 0.2) is 42.5 Å². The number of aliphatic hydroxyl groups excluding tert-OH is 1. The highest BCUT2D eigenvalue weighted by molar-refractivity contribution is 8.76. The number of nitrogens with two attached hydrogens (primary N) is 1. The number of benzene rings is 3. The third kappa shape index (κ3) is 7.75. The molecule has 3 aliphatic carbocycles. The summed E-state index contributed by atoms with van der Waals surface area (Å²) in [6.07, 6.45) is 13.2. The zero-order valence-corrected chi connectivity index (χ0v) is 39.1. The van der Waals surface area contributed by atoms with Crippen molar-refractivity contribution in [3.05, 3.63) is 92.7 Å². The van der Waals surface area contributed by atoms with Crippen LogP contribution >= 0.6 is 21.6 Å². The molecule has 2 saturated carbocycles. The first-order chi connectivity index (χ1) is 32.1. The van der Waals surface area contributed by atoms with E-state index in [1.54, 1.807) is 12.1 Å². The highest BCUT2D eigenvalue weighted by Crippen LogP contribution is 2.63. The number of carbonyl (C=O) groups excluding carboxylic acids is 1. The smallest absolute Gasteiger partial charge is 0.302 e. The number of aliphatic hydroxyl groups is 1. The fourth-order valence-corrected chi connectivity index (χ4v) is 15.1. The number of aromatic hydroxyl groups is 2. The zero-order chi connectivity index (χ0) is 45.3. The number of carbonyl (C=O) groups is 1. The van der Waals surface area contributed by atoms with Gasteiger partial charge in [0.2, 0.25) is 0 Å². The number of phenols is 2. The number of hydrogen-bond acceptors (Lipinski definition) is 13. The summed E-state index contributed by atoms with van der Waals surface area (Å²) in [6.45, 7) is 3.04. The van der Waals surface area contributed by atoms with Crippen molar-refractivity contribution in [1.29, 1.82) is 0 Å². The van der Waals surface area contributed by atoms with Crippen molar-refractivity contribution in [2.45, 2.75) is 120 Å². The number of anilines is 1. The van der Waals surface area contributed by atoms with Crippen molar-refractivity contribution in [1.82, 2.24) is 10.3 Å². The molecule has 0 amide bonds. The van der Waals surface area contributed by atoms with E-state index in [2.05, 4.69) is 54.4 Å². The van der Waals surface area contributed by atoms with Gasteiger partial charge in [-0.15, -0.1) is 0 Å². The van der Waals surface area contributed by atoms with Crippen molar-refractivity contribution < 1.29 is 39.1 Å². The number of hydrogen-bond donors (Lipinski definition) is 5. The van der Waals surface area contributed by atoms with Crippen LogP contribution in [-0.2, 0) is 40.6 Å². The largest absolute Gasteiger partial charge is 0.508 e. The number of nitrogen functional groups attached to an aromatic ring is 1. The van der Waals surface area contributed by atoms with Gasteiger partial charge in [0.1, 0.15) is 47.6 Å². The molecule has 66 heavy (non-hydrogen) atoms. The molecule has 1 saturated heterocycles. The van der Waals surface area contributed by atoms with E-state index in [1.807, 2.05) is 27.7 Å². The minimum absolute atomic E-state index is 0.0357. The van der Waals surface area contributed by atoms with Gasteiger partial charge in [0.05, 0.1) is 12.0 Å². The summed E-state index contributed by atoms with van der Waals surface area (Å²) in [5, 5.41) is 37.2. The normalized spacial score (nSPS) is 27.8. The molecule has 3 aromatic carbocycles. The second kappa shape index (κ2) is 17.6. The SMILES string of the molecule is CCc1cc2c(nc1N)C#CCc1cc(O)c3c(c1C1Oc4c(ccc5c4C4(CCC(C2)C4)Cc2cc(O)cc(OCO)c2-5)C1COC(C)=O)C=CC1NC2CCCC(CSSCC1O3)C2. The maximum Gasteiger partial charge on any atom is 0.302 e. The molecule has 1 aromatic heterocycles. The predicted octanol–water partition coefficient (Wildman–Crippen LogP) is 8.84. The fraction of sp³-hybridized carbons (Fsp3) is 0.472. The molecule has 1 spiro atoms. The van der Waals surface area contributed by atoms with Crippen LogP contribution in [0.5, 0.6) is 28.7 Å². The van der Waals surface area contributed by atoms with E-state index in [0.29, 0.717) is 41.4 Å². The molecule has 6 bridgehead atoms. The summed E-state index contributed by atoms with van der Waals surface area (Å²) in [4.78, 5) is 17.7. The summed E-state index contributed by atoms with van der Waals surface area (Å²) >= 11 is 0. The number of esters is 1. The quantitative estimate of drug-likeness (QED) is 0.0559. The molecule has 4 aromatic rings. The van der Waals surface area contributed by atoms with E-state index in [9.17, 15) is 20.1 Å². The Balaban J connectivity index is 1.14. The van der Waals surface area contributed by atoms with Crippen LogP contribution in [0, 0.1) is 23.7 Å². The third-order valence-corrected chi connectivity index (χ3v) is 17.9. The Bertz CT molecular complexity index is 2710. The number of pyridine rings is 1. The van der Waals surface area contributed by atoms with E-state index in [4.69, 9.17) is 29.7 Å². The number of nitrogens with one attached hydrogen (secondary N) is 1. The van der Waals surface area contributed by atoms with E-state index in [-0.39, 0.29) is 48.6 Å². The van der Waals surface area contributed by atoms with E-state index in [1.165, 1.54) is 19.8 Å². The Morgan fingerprint density at radius 3 is 2.77 bits per heavy atom. The lowest BCUT2D eigenvalue weighted by Crippen LogP contribution is -2.49. The zero-order valence-electron chi connectivity index (χ0n) is 37.5. The molecule has 8 unspecified atom stereocenters. The highest BCUT2D eigenvalue weighted by atomic mass is 33.1. The average molecular weight is 928 g/mol. The Hall–Kier alpha value is -5.00. The van der Waals surface area contributed by atoms with Crippen LogP contribution in [-0.4, -0.2) is 69.4 Å². The molecule has 5 heterocycles. The highest BCUT2D eigenvalue weighted by Gasteiger charge is 2.51. The maximum absolute atomic E-state index is 12.7. The lowest BCUT2D eigenvalue weighted by molar-refractivity contribution is -0.141. The Kier molecular flexibility index (Phi) is 11.6. The monoisotopic (exact) mass is 927 g/mol. The number of fused-ring (bicyclic) bond motifs is 12. The lowest BCUT2D eigenvalue weighted by Gasteiger charge is -2.39. The van der Waals surface area contributed by atoms with Gasteiger partial charge in [-0.25, -0.2) is 4.98 Å². The summed E-state index contributed by atoms with van der Waals surface area (Å²) < 4.78 is 26.4. The minimum atomic E-state index is -0.666. The summed E-state index contributed by atoms with van der Waals surface area (Å²) in [6, 6.07) is 11.9. The van der Waals surface area contributed by atoms with Crippen molar-refractivity contribution in [3.63, 3.8) is 0 Å². The molecular formula is C53H57N3O8S2. The molecule has 11 rings (SSSR count). The summed E-state index contributed by atoms with van der Waals surface area (Å²) in [7, 11) is 3.77. The number of aromatic nitrogens is 1. The van der Waals surface area contributed by atoms with Gasteiger partial charge in [-0.3, -0.25) is 4.79 Å². The molecule has 13 heteroatoms. The molecular weight excluding hydrogens is 871 g/mol. The van der Waals surface area contributed by atoms with Crippen LogP contribution in [0.3, 0.4) is 0 Å². The molecule has 7 aliphatic rings. The van der Waals surface area contributed by atoms with Crippen molar-refractivity contribution in [2.75, 3.05) is 30.6 Å². The standard InChI is InChI=1S/C53H57N3O8S2/c1-3-31-18-33-16-29-14-15-53(22-29)23-34-19-36(59)21-44(62-27-57)46(34)38-11-10-37-40(24-61-28(2)58)50(64-51(37)48(38)53)47-32(7-5-9-41(33)56-52(31)54)20-43(60)49-39(47)12-13-42-45(63-49)26-66-65-25-30-6-4-8-35(17-30)55-42/h10-13,18-21,29-30,35,40,42,45,50,55,57,59-60H,3-4,6-8,14-17,22-27H2,1-2H3,(H2,54,56). The number of aryl methyl sites for hydroxylation is 1. The number of ether oxygens (including phenoxy) is 4. The topological polar surface area (TPSA) is 166 Å². The molecule has 4 aliphatic heterocycles. The average Bonchev–Trinajstić information content (AvgIpc) is 3.80. The lowest BCUT2D eigenvalue weighted by atomic mass is 9.65. The van der Waals surface area contributed by atoms with Crippen LogP contribution in [0.1, 0.15) is 121 Å². The fourth-order valence-electron chi connectivity index (χ4n) is 12.5. The number of rotatable bonds is 5. The van der Waals surface area contributed by atoms with E-state index < -0.39 is 24.2 Å². The van der Waals surface area contributed by atoms with Crippen molar-refractivity contribution in [2.24, 2.45) is 11.8 Å². The second-order valence-corrected chi connectivity index (χ2v) is 22.0. The summed E-state index contributed by atoms with van der Waals surface area (Å²) in [5.41, 5.74) is 16.0. The molecule has 6 N–H and O–H groups in total. The predicted molar refractivity (Wildman–Crippen MR) is 258 cm³/mol. The van der Waals surface area contributed by atoms with Gasteiger partial charge in [-0.05, 0) is 122 Å². The molecule has 3 fully saturated rings. The first kappa shape index (κ1) is 43.6.